The van der Waals surface area contributed by atoms with Gasteiger partial charge in [0.1, 0.15) is 5.82 Å². The molecule has 31 heavy (non-hydrogen) atoms. The van der Waals surface area contributed by atoms with Crippen LogP contribution in [0.25, 0.3) is 0 Å². The summed E-state index contributed by atoms with van der Waals surface area (Å²) in [6, 6.07) is 13.0. The number of carbonyl (C=O) groups is 1. The van der Waals surface area contributed by atoms with E-state index in [2.05, 4.69) is 4.90 Å². The summed E-state index contributed by atoms with van der Waals surface area (Å²) in [5.41, 5.74) is 1.00. The maximum atomic E-state index is 13.9. The SMILES string of the molecule is O=C(c1ccccc1F)N1CCN(Cc2cccc(S(=O)(=O)N3CCOCC3)c2)CC1. The van der Waals surface area contributed by atoms with Gasteiger partial charge < -0.3 is 9.64 Å². The molecule has 0 radical (unpaired) electrons. The van der Waals surface area contributed by atoms with Crippen molar-refractivity contribution in [3.05, 3.63) is 65.5 Å². The standard InChI is InChI=1S/C22H26FN3O4S/c23-21-7-2-1-6-20(21)22(27)25-10-8-24(9-11-25)17-18-4-3-5-19(16-18)31(28,29)26-12-14-30-15-13-26/h1-7,16H,8-15,17H2. The smallest absolute Gasteiger partial charge is 0.256 e. The average Bonchev–Trinajstić information content (AvgIpc) is 2.80. The fourth-order valence-corrected chi connectivity index (χ4v) is 5.39. The summed E-state index contributed by atoms with van der Waals surface area (Å²) in [5.74, 6) is -0.801. The Kier molecular flexibility index (Phi) is 6.66. The first-order valence-electron chi connectivity index (χ1n) is 10.4. The van der Waals surface area contributed by atoms with Crippen molar-refractivity contribution in [3.63, 3.8) is 0 Å². The van der Waals surface area contributed by atoms with Crippen LogP contribution in [0.15, 0.2) is 53.4 Å². The number of sulfonamides is 1. The first-order valence-corrected chi connectivity index (χ1v) is 11.8. The first-order chi connectivity index (χ1) is 14.9. The largest absolute Gasteiger partial charge is 0.379 e. The van der Waals surface area contributed by atoms with E-state index in [0.717, 1.165) is 5.56 Å². The van der Waals surface area contributed by atoms with Gasteiger partial charge in [0.15, 0.2) is 0 Å². The number of halogens is 1. The third kappa shape index (κ3) is 4.95. The Morgan fingerprint density at radius 1 is 0.935 bits per heavy atom. The summed E-state index contributed by atoms with van der Waals surface area (Å²) in [6.45, 7) is 4.42. The molecule has 7 nitrogen and oxygen atoms in total. The molecule has 0 aliphatic carbocycles. The van der Waals surface area contributed by atoms with Gasteiger partial charge in [0.05, 0.1) is 23.7 Å². The van der Waals surface area contributed by atoms with E-state index in [4.69, 9.17) is 4.74 Å². The molecule has 0 aromatic heterocycles. The maximum absolute atomic E-state index is 13.9. The van der Waals surface area contributed by atoms with Gasteiger partial charge in [-0.3, -0.25) is 9.69 Å². The van der Waals surface area contributed by atoms with E-state index >= 15 is 0 Å². The molecule has 2 aliphatic rings. The van der Waals surface area contributed by atoms with Crippen molar-refractivity contribution >= 4 is 15.9 Å². The molecule has 0 atom stereocenters. The summed E-state index contributed by atoms with van der Waals surface area (Å²) in [7, 11) is -3.53. The summed E-state index contributed by atoms with van der Waals surface area (Å²) >= 11 is 0. The molecule has 2 aliphatic heterocycles. The van der Waals surface area contributed by atoms with Gasteiger partial charge in [-0.1, -0.05) is 24.3 Å². The minimum absolute atomic E-state index is 0.0944. The lowest BCUT2D eigenvalue weighted by Gasteiger charge is -2.35. The van der Waals surface area contributed by atoms with Gasteiger partial charge in [0, 0.05) is 45.8 Å². The Hall–Kier alpha value is -2.33. The minimum Gasteiger partial charge on any atom is -0.379 e. The number of rotatable bonds is 5. The molecule has 0 bridgehead atoms. The molecule has 0 spiro atoms. The van der Waals surface area contributed by atoms with Crippen LogP contribution in [0.3, 0.4) is 0 Å². The van der Waals surface area contributed by atoms with Crippen molar-refractivity contribution in [3.8, 4) is 0 Å². The summed E-state index contributed by atoms with van der Waals surface area (Å²) in [6.07, 6.45) is 0. The monoisotopic (exact) mass is 447 g/mol. The molecule has 0 saturated carbocycles. The molecular weight excluding hydrogens is 421 g/mol. The van der Waals surface area contributed by atoms with Crippen LogP contribution in [0.2, 0.25) is 0 Å². The topological polar surface area (TPSA) is 70.2 Å². The lowest BCUT2D eigenvalue weighted by Crippen LogP contribution is -2.48. The van der Waals surface area contributed by atoms with Gasteiger partial charge in [0.2, 0.25) is 10.0 Å². The van der Waals surface area contributed by atoms with Crippen molar-refractivity contribution in [1.29, 1.82) is 0 Å². The van der Waals surface area contributed by atoms with Gasteiger partial charge in [-0.25, -0.2) is 12.8 Å². The Morgan fingerprint density at radius 3 is 2.35 bits per heavy atom. The normalized spacial score (nSPS) is 18.8. The number of amides is 1. The minimum atomic E-state index is -3.53. The fourth-order valence-electron chi connectivity index (χ4n) is 3.91. The summed E-state index contributed by atoms with van der Waals surface area (Å²) < 4.78 is 46.4. The summed E-state index contributed by atoms with van der Waals surface area (Å²) in [4.78, 5) is 16.7. The van der Waals surface area contributed by atoms with E-state index in [0.29, 0.717) is 63.9 Å². The zero-order chi connectivity index (χ0) is 21.8. The molecule has 166 valence electrons. The highest BCUT2D eigenvalue weighted by Crippen LogP contribution is 2.20. The van der Waals surface area contributed by atoms with Gasteiger partial charge >= 0.3 is 0 Å². The van der Waals surface area contributed by atoms with Crippen LogP contribution < -0.4 is 0 Å². The van der Waals surface area contributed by atoms with Crippen molar-refractivity contribution < 1.29 is 22.3 Å². The van der Waals surface area contributed by atoms with Crippen molar-refractivity contribution in [2.75, 3.05) is 52.5 Å². The average molecular weight is 448 g/mol. The molecule has 1 amide bonds. The number of hydrogen-bond acceptors (Lipinski definition) is 5. The predicted octanol–water partition coefficient (Wildman–Crippen LogP) is 1.80. The molecule has 9 heteroatoms. The quantitative estimate of drug-likeness (QED) is 0.699. The number of ether oxygens (including phenoxy) is 1. The highest BCUT2D eigenvalue weighted by molar-refractivity contribution is 7.89. The molecule has 2 saturated heterocycles. The Morgan fingerprint density at radius 2 is 1.65 bits per heavy atom. The van der Waals surface area contributed by atoms with E-state index in [-0.39, 0.29) is 11.5 Å². The second-order valence-corrected chi connectivity index (χ2v) is 9.65. The molecule has 2 aromatic carbocycles. The van der Waals surface area contributed by atoms with Crippen LogP contribution in [0.4, 0.5) is 4.39 Å². The molecular formula is C22H26FN3O4S. The van der Waals surface area contributed by atoms with E-state index in [9.17, 15) is 17.6 Å². The second kappa shape index (κ2) is 9.44. The van der Waals surface area contributed by atoms with Crippen LogP contribution in [0, 0.1) is 5.82 Å². The molecule has 0 unspecified atom stereocenters. The van der Waals surface area contributed by atoms with Gasteiger partial charge in [0.25, 0.3) is 5.91 Å². The first kappa shape index (κ1) is 21.9. The zero-order valence-electron chi connectivity index (χ0n) is 17.2. The van der Waals surface area contributed by atoms with Crippen LogP contribution in [0.5, 0.6) is 0 Å². The van der Waals surface area contributed by atoms with Crippen molar-refractivity contribution in [2.45, 2.75) is 11.4 Å². The number of morpholine rings is 1. The summed E-state index contributed by atoms with van der Waals surface area (Å²) in [5, 5.41) is 0. The van der Waals surface area contributed by atoms with Gasteiger partial charge in [-0.2, -0.15) is 4.31 Å². The third-order valence-corrected chi connectivity index (χ3v) is 7.57. The number of carbonyl (C=O) groups excluding carboxylic acids is 1. The lowest BCUT2D eigenvalue weighted by molar-refractivity contribution is 0.0624. The highest BCUT2D eigenvalue weighted by atomic mass is 32.2. The maximum Gasteiger partial charge on any atom is 0.256 e. The highest BCUT2D eigenvalue weighted by Gasteiger charge is 2.27. The molecule has 2 fully saturated rings. The second-order valence-electron chi connectivity index (χ2n) is 7.71. The van der Waals surface area contributed by atoms with Crippen LogP contribution in [-0.4, -0.2) is 80.9 Å². The van der Waals surface area contributed by atoms with Crippen LogP contribution >= 0.6 is 0 Å². The third-order valence-electron chi connectivity index (χ3n) is 5.68. The Labute approximate surface area is 182 Å². The Bertz CT molecular complexity index is 1030. The van der Waals surface area contributed by atoms with E-state index in [1.54, 1.807) is 35.2 Å². The molecule has 2 aromatic rings. The number of benzene rings is 2. The van der Waals surface area contributed by atoms with E-state index in [1.165, 1.54) is 16.4 Å². The van der Waals surface area contributed by atoms with Gasteiger partial charge in [-0.15, -0.1) is 0 Å². The van der Waals surface area contributed by atoms with Crippen molar-refractivity contribution in [2.24, 2.45) is 0 Å². The Balaban J connectivity index is 1.37. The van der Waals surface area contributed by atoms with Crippen molar-refractivity contribution in [1.82, 2.24) is 14.1 Å². The lowest BCUT2D eigenvalue weighted by atomic mass is 10.1. The zero-order valence-corrected chi connectivity index (χ0v) is 18.1. The van der Waals surface area contributed by atoms with Gasteiger partial charge in [-0.05, 0) is 29.8 Å². The number of hydrogen-bond donors (Lipinski definition) is 0. The van der Waals surface area contributed by atoms with E-state index in [1.807, 2.05) is 6.07 Å². The van der Waals surface area contributed by atoms with Crippen LogP contribution in [-0.2, 0) is 21.3 Å². The van der Waals surface area contributed by atoms with E-state index < -0.39 is 15.8 Å². The van der Waals surface area contributed by atoms with Crippen LogP contribution in [0.1, 0.15) is 15.9 Å². The molecule has 4 rings (SSSR count). The molecule has 2 heterocycles. The predicted molar refractivity (Wildman–Crippen MR) is 114 cm³/mol. The molecule has 0 N–H and O–H groups in total. The number of piperazine rings is 1. The number of nitrogens with zero attached hydrogens (tertiary/aromatic N) is 3. The fraction of sp³-hybridized carbons (Fsp3) is 0.409.